The fraction of sp³-hybridized carbons (Fsp3) is 0.389. The largest absolute Gasteiger partial charge is 0.447 e. The highest BCUT2D eigenvalue weighted by Crippen LogP contribution is 2.36. The van der Waals surface area contributed by atoms with Gasteiger partial charge >= 0.3 is 12.2 Å². The van der Waals surface area contributed by atoms with Crippen molar-refractivity contribution in [1.82, 2.24) is 9.80 Å². The number of nitrogens with zero attached hydrogens (tertiary/aromatic N) is 2. The van der Waals surface area contributed by atoms with E-state index in [-0.39, 0.29) is 25.0 Å². The zero-order valence-electron chi connectivity index (χ0n) is 13.5. The molecule has 1 aromatic rings. The van der Waals surface area contributed by atoms with E-state index in [4.69, 9.17) is 9.47 Å². The molecule has 0 N–H and O–H groups in total. The summed E-state index contributed by atoms with van der Waals surface area (Å²) in [6.45, 7) is 1.01. The van der Waals surface area contributed by atoms with Crippen LogP contribution in [0.5, 0.6) is 5.75 Å². The van der Waals surface area contributed by atoms with Crippen molar-refractivity contribution < 1.29 is 23.9 Å². The zero-order chi connectivity index (χ0) is 17.4. The number of para-hydroxylation sites is 1. The maximum Gasteiger partial charge on any atom is 0.416 e. The smallest absolute Gasteiger partial charge is 0.416 e. The molecule has 130 valence electrons. The Labute approximate surface area is 144 Å². The summed E-state index contributed by atoms with van der Waals surface area (Å²) in [4.78, 5) is 39.7. The Bertz CT molecular complexity index is 732. The van der Waals surface area contributed by atoms with Gasteiger partial charge in [-0.25, -0.2) is 14.5 Å². The second-order valence-electron chi connectivity index (χ2n) is 6.42. The lowest BCUT2D eigenvalue weighted by Crippen LogP contribution is -2.57. The molecule has 3 atom stereocenters. The molecule has 7 nitrogen and oxygen atoms in total. The van der Waals surface area contributed by atoms with Gasteiger partial charge in [-0.05, 0) is 24.5 Å². The Balaban J connectivity index is 1.51. The first kappa shape index (κ1) is 15.7. The third-order valence-corrected chi connectivity index (χ3v) is 4.87. The SMILES string of the molecule is O=C1OCCN1C(=O)[C@H]1C[C@H]2C=C[C@@H]1N(C(=O)Oc1ccccc1)C2. The number of hydrogen-bond acceptors (Lipinski definition) is 5. The van der Waals surface area contributed by atoms with E-state index in [1.165, 1.54) is 0 Å². The number of carbonyl (C=O) groups excluding carboxylic acids is 3. The molecule has 0 saturated carbocycles. The van der Waals surface area contributed by atoms with E-state index in [2.05, 4.69) is 0 Å². The molecule has 2 fully saturated rings. The van der Waals surface area contributed by atoms with Gasteiger partial charge < -0.3 is 14.4 Å². The Hall–Kier alpha value is -2.83. The Morgan fingerprint density at radius 2 is 1.96 bits per heavy atom. The van der Waals surface area contributed by atoms with Gasteiger partial charge in [0.15, 0.2) is 0 Å². The molecular formula is C18H18N2O5. The fourth-order valence-corrected chi connectivity index (χ4v) is 3.67. The predicted molar refractivity (Wildman–Crippen MR) is 86.8 cm³/mol. The van der Waals surface area contributed by atoms with Gasteiger partial charge in [-0.2, -0.15) is 0 Å². The number of cyclic esters (lactones) is 1. The van der Waals surface area contributed by atoms with Gasteiger partial charge in [-0.3, -0.25) is 4.79 Å². The molecule has 2 bridgehead atoms. The highest BCUT2D eigenvalue weighted by molar-refractivity contribution is 5.95. The number of ether oxygens (including phenoxy) is 2. The molecule has 3 aliphatic heterocycles. The summed E-state index contributed by atoms with van der Waals surface area (Å²) in [5.41, 5.74) is 0. The molecule has 0 spiro atoms. The van der Waals surface area contributed by atoms with Crippen LogP contribution in [0.3, 0.4) is 0 Å². The van der Waals surface area contributed by atoms with Crippen LogP contribution in [-0.2, 0) is 9.53 Å². The van der Waals surface area contributed by atoms with Crippen molar-refractivity contribution in [3.63, 3.8) is 0 Å². The lowest BCUT2D eigenvalue weighted by atomic mass is 9.77. The Morgan fingerprint density at radius 3 is 2.64 bits per heavy atom. The predicted octanol–water partition coefficient (Wildman–Crippen LogP) is 2.04. The van der Waals surface area contributed by atoms with Crippen molar-refractivity contribution in [2.75, 3.05) is 19.7 Å². The summed E-state index contributed by atoms with van der Waals surface area (Å²) in [6.07, 6.45) is 3.44. The van der Waals surface area contributed by atoms with Crippen LogP contribution in [0, 0.1) is 11.8 Å². The minimum Gasteiger partial charge on any atom is -0.447 e. The van der Waals surface area contributed by atoms with E-state index in [0.29, 0.717) is 18.7 Å². The maximum atomic E-state index is 12.7. The summed E-state index contributed by atoms with van der Waals surface area (Å²) in [5.74, 6) is -0.179. The standard InChI is InChI=1S/C18H18N2O5/c21-16(19-8-9-24-17(19)22)14-10-12-6-7-15(14)20(11-12)18(23)25-13-4-2-1-3-5-13/h1-7,12,14-15H,8-11H2/t12-,14+,15+/m1/s1. The topological polar surface area (TPSA) is 76.2 Å². The molecule has 0 radical (unpaired) electrons. The molecule has 5 rings (SSSR count). The van der Waals surface area contributed by atoms with Crippen LogP contribution in [0.2, 0.25) is 0 Å². The van der Waals surface area contributed by atoms with Gasteiger partial charge in [-0.1, -0.05) is 30.4 Å². The van der Waals surface area contributed by atoms with Gasteiger partial charge in [0.25, 0.3) is 0 Å². The third-order valence-electron chi connectivity index (χ3n) is 4.87. The van der Waals surface area contributed by atoms with E-state index in [0.717, 1.165) is 4.90 Å². The van der Waals surface area contributed by atoms with Crippen molar-refractivity contribution >= 4 is 18.1 Å². The molecule has 1 aromatic carbocycles. The van der Waals surface area contributed by atoms with Crippen molar-refractivity contribution in [2.45, 2.75) is 12.5 Å². The normalized spacial score (nSPS) is 27.4. The van der Waals surface area contributed by atoms with Crippen LogP contribution < -0.4 is 4.74 Å². The molecule has 2 saturated heterocycles. The first-order valence-corrected chi connectivity index (χ1v) is 8.33. The molecule has 0 aromatic heterocycles. The Kier molecular flexibility index (Phi) is 3.91. The van der Waals surface area contributed by atoms with Crippen molar-refractivity contribution in [1.29, 1.82) is 0 Å². The highest BCUT2D eigenvalue weighted by atomic mass is 16.6. The highest BCUT2D eigenvalue weighted by Gasteiger charge is 2.47. The monoisotopic (exact) mass is 342 g/mol. The van der Waals surface area contributed by atoms with E-state index >= 15 is 0 Å². The third kappa shape index (κ3) is 2.86. The maximum absolute atomic E-state index is 12.7. The van der Waals surface area contributed by atoms with Crippen LogP contribution in [0.4, 0.5) is 9.59 Å². The summed E-state index contributed by atoms with van der Waals surface area (Å²) >= 11 is 0. The number of fused-ring (bicyclic) bond motifs is 2. The Morgan fingerprint density at radius 1 is 1.16 bits per heavy atom. The van der Waals surface area contributed by atoms with Crippen LogP contribution in [0.1, 0.15) is 6.42 Å². The van der Waals surface area contributed by atoms with E-state index in [1.54, 1.807) is 29.2 Å². The number of piperidine rings is 1. The van der Waals surface area contributed by atoms with Gasteiger partial charge in [0.2, 0.25) is 5.91 Å². The van der Waals surface area contributed by atoms with Crippen LogP contribution >= 0.6 is 0 Å². The fourth-order valence-electron chi connectivity index (χ4n) is 3.67. The summed E-state index contributed by atoms with van der Waals surface area (Å²) in [5, 5.41) is 0. The number of amides is 3. The van der Waals surface area contributed by atoms with Crippen LogP contribution in [0.25, 0.3) is 0 Å². The molecule has 1 aliphatic carbocycles. The average molecular weight is 342 g/mol. The number of benzene rings is 1. The molecule has 0 unspecified atom stereocenters. The lowest BCUT2D eigenvalue weighted by Gasteiger charge is -2.45. The van der Waals surface area contributed by atoms with E-state index < -0.39 is 24.1 Å². The molecule has 3 heterocycles. The molecule has 7 heteroatoms. The van der Waals surface area contributed by atoms with Gasteiger partial charge in [0.1, 0.15) is 12.4 Å². The molecule has 4 aliphatic rings. The molecule has 25 heavy (non-hydrogen) atoms. The quantitative estimate of drug-likeness (QED) is 0.769. The minimum absolute atomic E-state index is 0.0842. The minimum atomic E-state index is -0.603. The molecular weight excluding hydrogens is 324 g/mol. The van der Waals surface area contributed by atoms with Crippen molar-refractivity contribution in [3.8, 4) is 5.75 Å². The van der Waals surface area contributed by atoms with E-state index in [1.807, 2.05) is 18.2 Å². The van der Waals surface area contributed by atoms with Gasteiger partial charge in [-0.15, -0.1) is 0 Å². The number of carbonyl (C=O) groups is 3. The number of imide groups is 1. The number of hydrogen-bond donors (Lipinski definition) is 0. The van der Waals surface area contributed by atoms with Crippen molar-refractivity contribution in [3.05, 3.63) is 42.5 Å². The number of rotatable bonds is 2. The summed E-state index contributed by atoms with van der Waals surface area (Å²) in [7, 11) is 0. The first-order chi connectivity index (χ1) is 12.1. The second kappa shape index (κ2) is 6.23. The zero-order valence-corrected chi connectivity index (χ0v) is 13.5. The van der Waals surface area contributed by atoms with E-state index in [9.17, 15) is 14.4 Å². The molecule has 3 amide bonds. The lowest BCUT2D eigenvalue weighted by molar-refractivity contribution is -0.135. The van der Waals surface area contributed by atoms with Gasteiger partial charge in [0, 0.05) is 6.54 Å². The van der Waals surface area contributed by atoms with Crippen LogP contribution in [-0.4, -0.2) is 53.6 Å². The second-order valence-corrected chi connectivity index (χ2v) is 6.42. The summed E-state index contributed by atoms with van der Waals surface area (Å²) in [6, 6.07) is 8.43. The first-order valence-electron chi connectivity index (χ1n) is 8.33. The average Bonchev–Trinajstić information content (AvgIpc) is 3.08. The van der Waals surface area contributed by atoms with Crippen LogP contribution in [0.15, 0.2) is 42.5 Å². The summed E-state index contributed by atoms with van der Waals surface area (Å²) < 4.78 is 10.3. The van der Waals surface area contributed by atoms with Crippen molar-refractivity contribution in [2.24, 2.45) is 11.8 Å². The van der Waals surface area contributed by atoms with Gasteiger partial charge in [0.05, 0.1) is 18.5 Å².